The summed E-state index contributed by atoms with van der Waals surface area (Å²) in [5.74, 6) is 0. The minimum atomic E-state index is 0. The smallest absolute Gasteiger partial charge is 0.00772 e. The molecule has 0 bridgehead atoms. The van der Waals surface area contributed by atoms with Crippen LogP contribution in [-0.4, -0.2) is 39.3 Å². The maximum Gasteiger partial charge on any atom is 0.00772 e. The van der Waals surface area contributed by atoms with Crippen LogP contribution in [-0.2, 0) is 0 Å². The average molecular weight is 302 g/mol. The molecule has 0 aromatic rings. The molecule has 0 radical (unpaired) electrons. The molecule has 4 nitrogen and oxygen atoms in total. The quantitative estimate of drug-likeness (QED) is 0.538. The molecule has 0 unspecified atom stereocenters. The normalized spacial score (nSPS) is 9.27. The summed E-state index contributed by atoms with van der Waals surface area (Å²) in [6.07, 6.45) is 0. The molecule has 0 saturated carbocycles. The summed E-state index contributed by atoms with van der Waals surface area (Å²) in [6.45, 7) is 4.68. The molecule has 5 heteroatoms. The third kappa shape index (κ3) is 14.1. The van der Waals surface area contributed by atoms with Crippen LogP contribution in [0.25, 0.3) is 5.73 Å². The topological polar surface area (TPSA) is 73.9 Å². The van der Waals surface area contributed by atoms with E-state index in [0.29, 0.717) is 13.1 Å². The molecular weight excluding hydrogens is 285 g/mol. The van der Waals surface area contributed by atoms with Gasteiger partial charge in [0.05, 0.1) is 0 Å². The average Bonchev–Trinajstić information content (AvgIpc) is 1.97. The molecule has 0 fully saturated rings. The summed E-state index contributed by atoms with van der Waals surface area (Å²) in [5, 5.41) is 6.25. The van der Waals surface area contributed by atoms with Gasteiger partial charge in [0.15, 0.2) is 0 Å². The van der Waals surface area contributed by atoms with Crippen molar-refractivity contribution in [2.45, 2.75) is 0 Å². The van der Waals surface area contributed by atoms with Crippen molar-refractivity contribution >= 4 is 0 Å². The molecule has 70 valence electrons. The molecule has 0 saturated heterocycles. The first-order chi connectivity index (χ1) is 4.91. The predicted octanol–water partition coefficient (Wildman–Crippen LogP) is -0.823. The van der Waals surface area contributed by atoms with E-state index in [4.69, 9.17) is 11.5 Å². The molecule has 11 heavy (non-hydrogen) atoms. The fourth-order valence-corrected chi connectivity index (χ4v) is 0.617. The first-order valence-corrected chi connectivity index (χ1v) is 3.68. The van der Waals surface area contributed by atoms with Crippen LogP contribution in [0.3, 0.4) is 0 Å². The van der Waals surface area contributed by atoms with Crippen LogP contribution in [0.2, 0.25) is 0 Å². The van der Waals surface area contributed by atoms with Gasteiger partial charge in [0.25, 0.3) is 0 Å². The zero-order valence-corrected chi connectivity index (χ0v) is 8.94. The van der Waals surface area contributed by atoms with Gasteiger partial charge in [0.1, 0.15) is 0 Å². The second-order valence-corrected chi connectivity index (χ2v) is 2.04. The molecule has 0 aliphatic rings. The number of hydrogen-bond acceptors (Lipinski definition) is 3. The van der Waals surface area contributed by atoms with Gasteiger partial charge in [-0.15, -0.1) is 6.54 Å². The molecule has 0 aliphatic carbocycles. The van der Waals surface area contributed by atoms with Crippen molar-refractivity contribution in [2.75, 3.05) is 39.3 Å². The van der Waals surface area contributed by atoms with Crippen molar-refractivity contribution in [2.24, 2.45) is 5.73 Å². The fraction of sp³-hybridized carbons (Fsp3) is 1.00. The third-order valence-electron chi connectivity index (χ3n) is 1.10. The Morgan fingerprint density at radius 1 is 1.00 bits per heavy atom. The van der Waals surface area contributed by atoms with Crippen LogP contribution in [0.15, 0.2) is 0 Å². The van der Waals surface area contributed by atoms with Gasteiger partial charge in [-0.3, -0.25) is 0 Å². The molecule has 0 amide bonds. The van der Waals surface area contributed by atoms with Crippen molar-refractivity contribution in [3.63, 3.8) is 0 Å². The Hall–Kier alpha value is 1.16. The number of hydrogen-bond donors (Lipinski definition) is 3. The van der Waals surface area contributed by atoms with Crippen LogP contribution in [0, 0.1) is 39.9 Å². The van der Waals surface area contributed by atoms with Crippen LogP contribution in [0.4, 0.5) is 0 Å². The number of rotatable bonds is 7. The summed E-state index contributed by atoms with van der Waals surface area (Å²) in [7, 11) is 0. The standard InChI is InChI=1S/C6H17N4.Gd/c7-1-3-9-5-6-10-4-2-8;/h7,9-10H,1-6,8H2;/q-1;. The van der Waals surface area contributed by atoms with Crippen molar-refractivity contribution < 1.29 is 39.9 Å². The van der Waals surface area contributed by atoms with Crippen LogP contribution in [0.1, 0.15) is 0 Å². The molecule has 0 aliphatic heterocycles. The van der Waals surface area contributed by atoms with Gasteiger partial charge in [-0.05, 0) is 6.54 Å². The molecule has 5 N–H and O–H groups in total. The Balaban J connectivity index is 0. The Kier molecular flexibility index (Phi) is 18.3. The SMILES string of the molecule is [Gd].[NH-]CCNCCNCCN. The van der Waals surface area contributed by atoms with Crippen molar-refractivity contribution in [1.29, 1.82) is 0 Å². The first-order valence-electron chi connectivity index (χ1n) is 3.68. The Morgan fingerprint density at radius 2 is 1.55 bits per heavy atom. The Morgan fingerprint density at radius 3 is 2.00 bits per heavy atom. The summed E-state index contributed by atoms with van der Waals surface area (Å²) in [6, 6.07) is 0. The van der Waals surface area contributed by atoms with E-state index in [1.807, 2.05) is 0 Å². The Bertz CT molecular complexity index is 54.5. The monoisotopic (exact) mass is 303 g/mol. The molecule has 0 aromatic heterocycles. The Labute approximate surface area is 101 Å². The van der Waals surface area contributed by atoms with Gasteiger partial charge >= 0.3 is 0 Å². The van der Waals surface area contributed by atoms with Gasteiger partial charge in [-0.1, -0.05) is 0 Å². The fourth-order valence-electron chi connectivity index (χ4n) is 0.617. The first kappa shape index (κ1) is 14.7. The maximum absolute atomic E-state index is 6.82. The minimum absolute atomic E-state index is 0. The van der Waals surface area contributed by atoms with Gasteiger partial charge in [0.2, 0.25) is 0 Å². The van der Waals surface area contributed by atoms with Crippen molar-refractivity contribution in [1.82, 2.24) is 10.6 Å². The summed E-state index contributed by atoms with van der Waals surface area (Å²) in [5.41, 5.74) is 12.1. The zero-order valence-electron chi connectivity index (χ0n) is 6.67. The van der Waals surface area contributed by atoms with E-state index in [1.165, 1.54) is 0 Å². The molecule has 0 heterocycles. The van der Waals surface area contributed by atoms with E-state index in [9.17, 15) is 0 Å². The second kappa shape index (κ2) is 13.7. The van der Waals surface area contributed by atoms with Crippen LogP contribution < -0.4 is 16.4 Å². The minimum Gasteiger partial charge on any atom is -0.676 e. The maximum atomic E-state index is 6.82. The van der Waals surface area contributed by atoms with E-state index in [1.54, 1.807) is 0 Å². The van der Waals surface area contributed by atoms with Gasteiger partial charge < -0.3 is 22.1 Å². The number of nitrogens with one attached hydrogen (secondary N) is 3. The van der Waals surface area contributed by atoms with E-state index < -0.39 is 0 Å². The molecule has 0 rings (SSSR count). The van der Waals surface area contributed by atoms with Gasteiger partial charge in [-0.2, -0.15) is 0 Å². The summed E-state index contributed by atoms with van der Waals surface area (Å²) < 4.78 is 0. The van der Waals surface area contributed by atoms with E-state index in [2.05, 4.69) is 10.6 Å². The van der Waals surface area contributed by atoms with Gasteiger partial charge in [0, 0.05) is 66.1 Å². The molecule has 0 aromatic carbocycles. The summed E-state index contributed by atoms with van der Waals surface area (Å²) >= 11 is 0. The predicted molar refractivity (Wildman–Crippen MR) is 44.0 cm³/mol. The van der Waals surface area contributed by atoms with Crippen molar-refractivity contribution in [3.05, 3.63) is 5.73 Å². The van der Waals surface area contributed by atoms with Crippen LogP contribution in [0.5, 0.6) is 0 Å². The largest absolute Gasteiger partial charge is 0.676 e. The molecule has 0 spiro atoms. The molecular formula is C6H17GdN4-. The third-order valence-corrected chi connectivity index (χ3v) is 1.10. The number of nitrogens with two attached hydrogens (primary N) is 1. The van der Waals surface area contributed by atoms with Gasteiger partial charge in [-0.25, -0.2) is 0 Å². The molecule has 0 atom stereocenters. The van der Waals surface area contributed by atoms with E-state index in [-0.39, 0.29) is 39.9 Å². The zero-order chi connectivity index (χ0) is 7.66. The second-order valence-electron chi connectivity index (χ2n) is 2.04. The van der Waals surface area contributed by atoms with E-state index in [0.717, 1.165) is 26.2 Å². The van der Waals surface area contributed by atoms with Crippen molar-refractivity contribution in [3.8, 4) is 0 Å². The van der Waals surface area contributed by atoms with E-state index >= 15 is 0 Å². The summed E-state index contributed by atoms with van der Waals surface area (Å²) in [4.78, 5) is 0. The van der Waals surface area contributed by atoms with Crippen LogP contribution >= 0.6 is 0 Å².